The summed E-state index contributed by atoms with van der Waals surface area (Å²) < 4.78 is 0. The van der Waals surface area contributed by atoms with Crippen LogP contribution in [0.5, 0.6) is 0 Å². The van der Waals surface area contributed by atoms with Crippen LogP contribution >= 0.6 is 0 Å². The minimum Gasteiger partial charge on any atom is -0.342 e. The fraction of sp³-hybridized carbons (Fsp3) is 0.833. The van der Waals surface area contributed by atoms with Gasteiger partial charge in [0.1, 0.15) is 5.92 Å². The van der Waals surface area contributed by atoms with Crippen LogP contribution in [0.3, 0.4) is 0 Å². The van der Waals surface area contributed by atoms with Crippen molar-refractivity contribution in [1.29, 1.82) is 5.26 Å². The van der Waals surface area contributed by atoms with Crippen LogP contribution in [-0.2, 0) is 4.79 Å². The number of amides is 1. The first-order valence-electron chi connectivity index (χ1n) is 5.62. The Morgan fingerprint density at radius 2 is 1.87 bits per heavy atom. The zero-order valence-electron chi connectivity index (χ0n) is 10.4. The molecule has 0 aromatic carbocycles. The van der Waals surface area contributed by atoms with E-state index in [0.29, 0.717) is 12.5 Å². The molecule has 0 N–H and O–H groups in total. The number of carbonyl (C=O) groups is 1. The molecular formula is C12H22N2O. The van der Waals surface area contributed by atoms with Gasteiger partial charge in [-0.1, -0.05) is 27.7 Å². The summed E-state index contributed by atoms with van der Waals surface area (Å²) >= 11 is 0. The van der Waals surface area contributed by atoms with Crippen LogP contribution in [0.15, 0.2) is 0 Å². The van der Waals surface area contributed by atoms with Crippen molar-refractivity contribution < 1.29 is 4.79 Å². The molecule has 0 bridgehead atoms. The lowest BCUT2D eigenvalue weighted by molar-refractivity contribution is -0.135. The molecule has 15 heavy (non-hydrogen) atoms. The van der Waals surface area contributed by atoms with Crippen molar-refractivity contribution in [3.8, 4) is 6.07 Å². The third kappa shape index (κ3) is 4.33. The van der Waals surface area contributed by atoms with E-state index in [9.17, 15) is 4.79 Å². The summed E-state index contributed by atoms with van der Waals surface area (Å²) in [4.78, 5) is 13.8. The second-order valence-corrected chi connectivity index (χ2v) is 4.62. The first-order chi connectivity index (χ1) is 6.93. The Morgan fingerprint density at radius 3 is 2.13 bits per heavy atom. The van der Waals surface area contributed by atoms with E-state index in [1.54, 1.807) is 4.90 Å². The van der Waals surface area contributed by atoms with E-state index in [2.05, 4.69) is 19.9 Å². The highest BCUT2D eigenvalue weighted by Crippen LogP contribution is 2.14. The summed E-state index contributed by atoms with van der Waals surface area (Å²) in [6.07, 6.45) is 0. The van der Waals surface area contributed by atoms with Crippen LogP contribution in [0.25, 0.3) is 0 Å². The van der Waals surface area contributed by atoms with E-state index in [1.807, 2.05) is 20.8 Å². The average molecular weight is 210 g/mol. The molecule has 0 fully saturated rings. The van der Waals surface area contributed by atoms with Crippen LogP contribution in [0.1, 0.15) is 34.6 Å². The van der Waals surface area contributed by atoms with Gasteiger partial charge in [-0.2, -0.15) is 5.26 Å². The molecule has 1 amide bonds. The highest BCUT2D eigenvalue weighted by Gasteiger charge is 2.26. The van der Waals surface area contributed by atoms with Crippen molar-refractivity contribution >= 4 is 5.91 Å². The molecule has 0 aliphatic carbocycles. The van der Waals surface area contributed by atoms with Gasteiger partial charge in [0.05, 0.1) is 6.07 Å². The summed E-state index contributed by atoms with van der Waals surface area (Å²) in [6.45, 7) is 11.3. The Bertz CT molecular complexity index is 240. The van der Waals surface area contributed by atoms with Crippen molar-refractivity contribution in [2.24, 2.45) is 17.8 Å². The first-order valence-corrected chi connectivity index (χ1v) is 5.62. The summed E-state index contributed by atoms with van der Waals surface area (Å²) in [5.41, 5.74) is 0. The maximum Gasteiger partial charge on any atom is 0.240 e. The van der Waals surface area contributed by atoms with E-state index >= 15 is 0 Å². The van der Waals surface area contributed by atoms with Gasteiger partial charge in [-0.3, -0.25) is 4.79 Å². The van der Waals surface area contributed by atoms with E-state index in [-0.39, 0.29) is 11.8 Å². The van der Waals surface area contributed by atoms with E-state index in [1.165, 1.54) is 0 Å². The summed E-state index contributed by atoms with van der Waals surface area (Å²) in [6, 6.07) is 2.10. The van der Waals surface area contributed by atoms with Crippen LogP contribution in [0.2, 0.25) is 0 Å². The molecule has 3 nitrogen and oxygen atoms in total. The number of hydrogen-bond acceptors (Lipinski definition) is 2. The second-order valence-electron chi connectivity index (χ2n) is 4.62. The quantitative estimate of drug-likeness (QED) is 0.698. The molecule has 0 aromatic heterocycles. The van der Waals surface area contributed by atoms with Gasteiger partial charge in [0.2, 0.25) is 5.91 Å². The van der Waals surface area contributed by atoms with Gasteiger partial charge in [-0.25, -0.2) is 0 Å². The summed E-state index contributed by atoms with van der Waals surface area (Å²) in [7, 11) is 0. The molecule has 1 atom stereocenters. The van der Waals surface area contributed by atoms with Gasteiger partial charge < -0.3 is 4.90 Å². The molecule has 86 valence electrons. The van der Waals surface area contributed by atoms with Crippen LogP contribution in [0, 0.1) is 29.1 Å². The van der Waals surface area contributed by atoms with E-state index in [4.69, 9.17) is 5.26 Å². The Balaban J connectivity index is 4.57. The molecule has 0 aliphatic heterocycles. The van der Waals surface area contributed by atoms with Crippen molar-refractivity contribution in [2.75, 3.05) is 13.1 Å². The monoisotopic (exact) mass is 210 g/mol. The SMILES string of the molecule is CCN(CC(C)C)C(=O)C(C#N)C(C)C. The predicted octanol–water partition coefficient (Wildman–Crippen LogP) is 2.29. The normalized spacial score (nSPS) is 12.7. The Labute approximate surface area is 93.1 Å². The maximum atomic E-state index is 12.0. The zero-order chi connectivity index (χ0) is 12.0. The lowest BCUT2D eigenvalue weighted by atomic mass is 9.95. The molecule has 3 heteroatoms. The minimum absolute atomic E-state index is 0.0244. The predicted molar refractivity (Wildman–Crippen MR) is 61.0 cm³/mol. The van der Waals surface area contributed by atoms with Crippen LogP contribution in [0.4, 0.5) is 0 Å². The van der Waals surface area contributed by atoms with Gasteiger partial charge in [-0.15, -0.1) is 0 Å². The fourth-order valence-corrected chi connectivity index (χ4v) is 1.50. The third-order valence-electron chi connectivity index (χ3n) is 2.35. The number of hydrogen-bond donors (Lipinski definition) is 0. The topological polar surface area (TPSA) is 44.1 Å². The lowest BCUT2D eigenvalue weighted by Crippen LogP contribution is -2.39. The van der Waals surface area contributed by atoms with Crippen molar-refractivity contribution in [2.45, 2.75) is 34.6 Å². The molecule has 0 saturated carbocycles. The van der Waals surface area contributed by atoms with Gasteiger partial charge in [0.25, 0.3) is 0 Å². The molecule has 0 heterocycles. The molecule has 1 unspecified atom stereocenters. The van der Waals surface area contributed by atoms with Crippen LogP contribution < -0.4 is 0 Å². The van der Waals surface area contributed by atoms with Gasteiger partial charge in [0.15, 0.2) is 0 Å². The van der Waals surface area contributed by atoms with Crippen molar-refractivity contribution in [1.82, 2.24) is 4.90 Å². The standard InChI is InChI=1S/C12H22N2O/c1-6-14(8-9(2)3)12(15)11(7-13)10(4)5/h9-11H,6,8H2,1-5H3. The Hall–Kier alpha value is -1.04. The fourth-order valence-electron chi connectivity index (χ4n) is 1.50. The van der Waals surface area contributed by atoms with E-state index < -0.39 is 5.92 Å². The molecule has 0 saturated heterocycles. The maximum absolute atomic E-state index is 12.0. The zero-order valence-corrected chi connectivity index (χ0v) is 10.4. The second kappa shape index (κ2) is 6.44. The number of nitrogens with zero attached hydrogens (tertiary/aromatic N) is 2. The molecule has 0 rings (SSSR count). The number of rotatable bonds is 5. The number of nitriles is 1. The third-order valence-corrected chi connectivity index (χ3v) is 2.35. The molecule has 0 spiro atoms. The highest BCUT2D eigenvalue weighted by molar-refractivity contribution is 5.81. The van der Waals surface area contributed by atoms with E-state index in [0.717, 1.165) is 6.54 Å². The summed E-state index contributed by atoms with van der Waals surface area (Å²) in [5.74, 6) is 0.0107. The molecular weight excluding hydrogens is 188 g/mol. The Morgan fingerprint density at radius 1 is 1.33 bits per heavy atom. The largest absolute Gasteiger partial charge is 0.342 e. The first kappa shape index (κ1) is 14.0. The highest BCUT2D eigenvalue weighted by atomic mass is 16.2. The smallest absolute Gasteiger partial charge is 0.240 e. The molecule has 0 aromatic rings. The molecule has 0 aliphatic rings. The van der Waals surface area contributed by atoms with Crippen molar-refractivity contribution in [3.05, 3.63) is 0 Å². The van der Waals surface area contributed by atoms with Gasteiger partial charge in [-0.05, 0) is 18.8 Å². The van der Waals surface area contributed by atoms with Crippen LogP contribution in [-0.4, -0.2) is 23.9 Å². The number of carbonyl (C=O) groups excluding carboxylic acids is 1. The molecule has 0 radical (unpaired) electrons. The Kier molecular flexibility index (Phi) is 6.00. The summed E-state index contributed by atoms with van der Waals surface area (Å²) in [5, 5.41) is 8.95. The minimum atomic E-state index is -0.497. The average Bonchev–Trinajstić information content (AvgIpc) is 2.14. The lowest BCUT2D eigenvalue weighted by Gasteiger charge is -2.26. The van der Waals surface area contributed by atoms with Gasteiger partial charge >= 0.3 is 0 Å². The van der Waals surface area contributed by atoms with Crippen molar-refractivity contribution in [3.63, 3.8) is 0 Å². The van der Waals surface area contributed by atoms with Gasteiger partial charge in [0, 0.05) is 13.1 Å².